The van der Waals surface area contributed by atoms with Crippen LogP contribution in [-0.2, 0) is 0 Å². The molecule has 1 aliphatic rings. The van der Waals surface area contributed by atoms with Crippen molar-refractivity contribution in [3.8, 4) is 17.7 Å². The fourth-order valence-electron chi connectivity index (χ4n) is 2.31. The number of nitrogens with zero attached hydrogens (tertiary/aromatic N) is 3. The number of hydrogen-bond acceptors (Lipinski definition) is 5. The quantitative estimate of drug-likeness (QED) is 0.932. The molecule has 2 aromatic rings. The minimum Gasteiger partial charge on any atom is -0.495 e. The number of ether oxygens (including phenoxy) is 2. The molecular formula is C17H16N4O3. The molecule has 7 heteroatoms. The summed E-state index contributed by atoms with van der Waals surface area (Å²) < 4.78 is 10.9. The Bertz CT molecular complexity index is 764. The first-order valence-electron chi connectivity index (χ1n) is 7.41. The third kappa shape index (κ3) is 3.38. The van der Waals surface area contributed by atoms with E-state index in [1.54, 1.807) is 36.3 Å². The number of nitriles is 1. The molecule has 24 heavy (non-hydrogen) atoms. The minimum absolute atomic E-state index is 0.103. The molecule has 0 saturated carbocycles. The van der Waals surface area contributed by atoms with E-state index in [9.17, 15) is 4.79 Å². The maximum Gasteiger partial charge on any atom is 0.322 e. The fourth-order valence-corrected chi connectivity index (χ4v) is 2.31. The summed E-state index contributed by atoms with van der Waals surface area (Å²) in [4.78, 5) is 17.9. The number of anilines is 1. The number of amides is 2. The zero-order valence-corrected chi connectivity index (χ0v) is 13.1. The monoisotopic (exact) mass is 324 g/mol. The highest BCUT2D eigenvalue weighted by atomic mass is 16.5. The summed E-state index contributed by atoms with van der Waals surface area (Å²) in [6.45, 7) is 0.950. The van der Waals surface area contributed by atoms with Gasteiger partial charge in [-0.25, -0.2) is 9.78 Å². The van der Waals surface area contributed by atoms with Crippen molar-refractivity contribution in [2.24, 2.45) is 0 Å². The van der Waals surface area contributed by atoms with Crippen LogP contribution in [0.3, 0.4) is 0 Å². The van der Waals surface area contributed by atoms with Crippen LogP contribution in [0.25, 0.3) is 0 Å². The van der Waals surface area contributed by atoms with Crippen LogP contribution in [0.15, 0.2) is 42.6 Å². The highest BCUT2D eigenvalue weighted by molar-refractivity contribution is 5.91. The number of hydrogen-bond donors (Lipinski definition) is 1. The Hall–Kier alpha value is -3.27. The molecule has 1 aromatic heterocycles. The molecule has 1 N–H and O–H groups in total. The first kappa shape index (κ1) is 15.6. The Morgan fingerprint density at radius 2 is 2.12 bits per heavy atom. The van der Waals surface area contributed by atoms with Crippen molar-refractivity contribution in [2.45, 2.75) is 6.10 Å². The summed E-state index contributed by atoms with van der Waals surface area (Å²) in [5.74, 6) is 1.06. The summed E-state index contributed by atoms with van der Waals surface area (Å²) in [7, 11) is 1.56. The second-order valence-electron chi connectivity index (χ2n) is 5.27. The van der Waals surface area contributed by atoms with Gasteiger partial charge in [-0.3, -0.25) is 0 Å². The molecule has 122 valence electrons. The number of pyridine rings is 1. The molecule has 0 atom stereocenters. The fraction of sp³-hybridized carbons (Fsp3) is 0.235. The van der Waals surface area contributed by atoms with Gasteiger partial charge in [-0.05, 0) is 18.2 Å². The van der Waals surface area contributed by atoms with Gasteiger partial charge in [-0.15, -0.1) is 0 Å². The number of benzene rings is 1. The Balaban J connectivity index is 1.50. The van der Waals surface area contributed by atoms with Gasteiger partial charge in [0, 0.05) is 12.3 Å². The normalized spacial score (nSPS) is 13.6. The van der Waals surface area contributed by atoms with Crippen LogP contribution in [-0.4, -0.2) is 42.2 Å². The second kappa shape index (κ2) is 6.87. The third-order valence-electron chi connectivity index (χ3n) is 3.64. The van der Waals surface area contributed by atoms with Gasteiger partial charge in [0.15, 0.2) is 0 Å². The molecule has 0 radical (unpaired) electrons. The molecule has 7 nitrogen and oxygen atoms in total. The number of aromatic nitrogens is 1. The molecule has 1 fully saturated rings. The Morgan fingerprint density at radius 1 is 1.33 bits per heavy atom. The van der Waals surface area contributed by atoms with E-state index < -0.39 is 0 Å². The number of carbonyl (C=O) groups is 1. The standard InChI is InChI=1S/C17H16N4O3/c1-23-15-5-3-2-4-14(15)20-17(22)21-10-13(11-21)24-16-7-6-12(8-18)9-19-16/h2-7,9,13H,10-11H2,1H3,(H,20,22). The number of para-hydroxylation sites is 2. The van der Waals surface area contributed by atoms with Crippen molar-refractivity contribution in [3.63, 3.8) is 0 Å². The number of nitrogens with one attached hydrogen (secondary N) is 1. The largest absolute Gasteiger partial charge is 0.495 e. The number of methoxy groups -OCH3 is 1. The van der Waals surface area contributed by atoms with E-state index in [-0.39, 0.29) is 12.1 Å². The van der Waals surface area contributed by atoms with Crippen molar-refractivity contribution < 1.29 is 14.3 Å². The van der Waals surface area contributed by atoms with E-state index >= 15 is 0 Å². The van der Waals surface area contributed by atoms with Crippen LogP contribution < -0.4 is 14.8 Å². The topological polar surface area (TPSA) is 87.5 Å². The van der Waals surface area contributed by atoms with Crippen molar-refractivity contribution in [3.05, 3.63) is 48.2 Å². The molecule has 2 amide bonds. The average molecular weight is 324 g/mol. The Labute approximate surface area is 139 Å². The summed E-state index contributed by atoms with van der Waals surface area (Å²) in [5.41, 5.74) is 1.11. The lowest BCUT2D eigenvalue weighted by Gasteiger charge is -2.38. The van der Waals surface area contributed by atoms with Crippen LogP contribution in [0, 0.1) is 11.3 Å². The van der Waals surface area contributed by atoms with Gasteiger partial charge in [-0.2, -0.15) is 5.26 Å². The smallest absolute Gasteiger partial charge is 0.322 e. The van der Waals surface area contributed by atoms with E-state index in [1.165, 1.54) is 6.20 Å². The van der Waals surface area contributed by atoms with E-state index in [2.05, 4.69) is 10.3 Å². The molecule has 0 spiro atoms. The lowest BCUT2D eigenvalue weighted by molar-refractivity contribution is 0.0461. The molecule has 0 bridgehead atoms. The van der Waals surface area contributed by atoms with Gasteiger partial charge in [-0.1, -0.05) is 12.1 Å². The van der Waals surface area contributed by atoms with Gasteiger partial charge < -0.3 is 19.7 Å². The average Bonchev–Trinajstić information content (AvgIpc) is 2.58. The maximum atomic E-state index is 12.2. The van der Waals surface area contributed by atoms with Crippen molar-refractivity contribution in [2.75, 3.05) is 25.5 Å². The second-order valence-corrected chi connectivity index (χ2v) is 5.27. The third-order valence-corrected chi connectivity index (χ3v) is 3.64. The number of rotatable bonds is 4. The number of urea groups is 1. The number of carbonyl (C=O) groups excluding carboxylic acids is 1. The van der Waals surface area contributed by atoms with Crippen LogP contribution in [0.4, 0.5) is 10.5 Å². The summed E-state index contributed by atoms with van der Waals surface area (Å²) in [5, 5.41) is 11.5. The van der Waals surface area contributed by atoms with Crippen molar-refractivity contribution >= 4 is 11.7 Å². The summed E-state index contributed by atoms with van der Waals surface area (Å²) in [6.07, 6.45) is 1.36. The number of likely N-dealkylation sites (tertiary alicyclic amines) is 1. The summed E-state index contributed by atoms with van der Waals surface area (Å²) >= 11 is 0. The SMILES string of the molecule is COc1ccccc1NC(=O)N1CC(Oc2ccc(C#N)cn2)C1. The highest BCUT2D eigenvalue weighted by Crippen LogP contribution is 2.24. The van der Waals surface area contributed by atoms with E-state index in [4.69, 9.17) is 14.7 Å². The van der Waals surface area contributed by atoms with E-state index in [0.717, 1.165) is 0 Å². The Kier molecular flexibility index (Phi) is 4.47. The first-order chi connectivity index (χ1) is 11.7. The molecule has 0 unspecified atom stereocenters. The molecule has 1 aromatic carbocycles. The molecule has 2 heterocycles. The van der Waals surface area contributed by atoms with Gasteiger partial charge in [0.2, 0.25) is 5.88 Å². The van der Waals surface area contributed by atoms with Crippen LogP contribution >= 0.6 is 0 Å². The van der Waals surface area contributed by atoms with E-state index in [1.807, 2.05) is 18.2 Å². The van der Waals surface area contributed by atoms with Crippen LogP contribution in [0.2, 0.25) is 0 Å². The van der Waals surface area contributed by atoms with Gasteiger partial charge in [0.25, 0.3) is 0 Å². The highest BCUT2D eigenvalue weighted by Gasteiger charge is 2.32. The molecule has 1 aliphatic heterocycles. The predicted octanol–water partition coefficient (Wildman–Crippen LogP) is 2.26. The van der Waals surface area contributed by atoms with Crippen molar-refractivity contribution in [1.82, 2.24) is 9.88 Å². The molecule has 0 aliphatic carbocycles. The lowest BCUT2D eigenvalue weighted by Crippen LogP contribution is -2.57. The van der Waals surface area contributed by atoms with Crippen molar-refractivity contribution in [1.29, 1.82) is 5.26 Å². The summed E-state index contributed by atoms with van der Waals surface area (Å²) in [6, 6.07) is 12.3. The zero-order chi connectivity index (χ0) is 16.9. The molecule has 1 saturated heterocycles. The van der Waals surface area contributed by atoms with Crippen LogP contribution in [0.1, 0.15) is 5.56 Å². The zero-order valence-electron chi connectivity index (χ0n) is 13.1. The lowest BCUT2D eigenvalue weighted by atomic mass is 10.2. The molecular weight excluding hydrogens is 308 g/mol. The Morgan fingerprint density at radius 3 is 2.79 bits per heavy atom. The van der Waals surface area contributed by atoms with Crippen LogP contribution in [0.5, 0.6) is 11.6 Å². The maximum absolute atomic E-state index is 12.2. The van der Waals surface area contributed by atoms with Gasteiger partial charge in [0.05, 0.1) is 31.5 Å². The predicted molar refractivity (Wildman–Crippen MR) is 87.0 cm³/mol. The van der Waals surface area contributed by atoms with Gasteiger partial charge >= 0.3 is 6.03 Å². The van der Waals surface area contributed by atoms with E-state index in [0.29, 0.717) is 36.0 Å². The van der Waals surface area contributed by atoms with Gasteiger partial charge in [0.1, 0.15) is 17.9 Å². The molecule has 3 rings (SSSR count). The minimum atomic E-state index is -0.202. The first-order valence-corrected chi connectivity index (χ1v) is 7.41.